The topological polar surface area (TPSA) is 63.3 Å². The van der Waals surface area contributed by atoms with E-state index < -0.39 is 0 Å². The molecule has 3 nitrogen and oxygen atoms in total. The summed E-state index contributed by atoms with van der Waals surface area (Å²) in [5.74, 6) is -0.262. The lowest BCUT2D eigenvalue weighted by Crippen LogP contribution is -2.28. The van der Waals surface area contributed by atoms with Crippen LogP contribution in [0.4, 0.5) is 0 Å². The van der Waals surface area contributed by atoms with E-state index in [2.05, 4.69) is 0 Å². The Labute approximate surface area is 80.3 Å². The summed E-state index contributed by atoms with van der Waals surface area (Å²) < 4.78 is 0. The van der Waals surface area contributed by atoms with Crippen LogP contribution in [0, 0.1) is 11.8 Å². The fourth-order valence-corrected chi connectivity index (χ4v) is 1.36. The van der Waals surface area contributed by atoms with E-state index >= 15 is 0 Å². The van der Waals surface area contributed by atoms with Gasteiger partial charge in [0.1, 0.15) is 0 Å². The molecular weight excluding hydrogens is 166 g/mol. The lowest BCUT2D eigenvalue weighted by molar-refractivity contribution is -0.122. The number of carbonyl (C=O) groups is 1. The second-order valence-corrected chi connectivity index (χ2v) is 3.85. The molecule has 1 amide bonds. The SMILES string of the molecule is CCCC(O)CC(C)C(C)C(N)=O. The highest BCUT2D eigenvalue weighted by atomic mass is 16.3. The van der Waals surface area contributed by atoms with Crippen molar-refractivity contribution in [3.63, 3.8) is 0 Å². The van der Waals surface area contributed by atoms with Gasteiger partial charge in [-0.15, -0.1) is 0 Å². The van der Waals surface area contributed by atoms with E-state index in [9.17, 15) is 9.90 Å². The van der Waals surface area contributed by atoms with Gasteiger partial charge in [-0.3, -0.25) is 4.79 Å². The Hall–Kier alpha value is -0.570. The summed E-state index contributed by atoms with van der Waals surface area (Å²) in [7, 11) is 0. The molecule has 3 unspecified atom stereocenters. The van der Waals surface area contributed by atoms with Gasteiger partial charge in [-0.25, -0.2) is 0 Å². The van der Waals surface area contributed by atoms with E-state index in [1.165, 1.54) is 0 Å². The highest BCUT2D eigenvalue weighted by molar-refractivity contribution is 5.76. The van der Waals surface area contributed by atoms with Crippen LogP contribution in [0.15, 0.2) is 0 Å². The summed E-state index contributed by atoms with van der Waals surface area (Å²) in [5.41, 5.74) is 5.17. The molecule has 0 spiro atoms. The maximum atomic E-state index is 10.8. The number of nitrogens with two attached hydrogens (primary N) is 1. The van der Waals surface area contributed by atoms with E-state index in [-0.39, 0.29) is 23.8 Å². The Morgan fingerprint density at radius 3 is 2.38 bits per heavy atom. The molecule has 0 aliphatic rings. The molecule has 0 aromatic rings. The van der Waals surface area contributed by atoms with Crippen molar-refractivity contribution >= 4 is 5.91 Å². The van der Waals surface area contributed by atoms with Crippen molar-refractivity contribution in [2.45, 2.75) is 46.1 Å². The smallest absolute Gasteiger partial charge is 0.220 e. The van der Waals surface area contributed by atoms with Crippen LogP contribution in [0.3, 0.4) is 0 Å². The summed E-state index contributed by atoms with van der Waals surface area (Å²) in [6, 6.07) is 0. The van der Waals surface area contributed by atoms with Crippen LogP contribution in [0.25, 0.3) is 0 Å². The molecule has 0 aliphatic heterocycles. The average Bonchev–Trinajstić information content (AvgIpc) is 2.03. The molecule has 13 heavy (non-hydrogen) atoms. The van der Waals surface area contributed by atoms with E-state index in [1.807, 2.05) is 20.8 Å². The molecule has 0 aromatic heterocycles. The van der Waals surface area contributed by atoms with Crippen molar-refractivity contribution < 1.29 is 9.90 Å². The van der Waals surface area contributed by atoms with Crippen molar-refractivity contribution in [1.29, 1.82) is 0 Å². The number of rotatable bonds is 6. The first-order valence-electron chi connectivity index (χ1n) is 4.96. The van der Waals surface area contributed by atoms with Gasteiger partial charge in [0, 0.05) is 5.92 Å². The van der Waals surface area contributed by atoms with E-state index in [4.69, 9.17) is 5.73 Å². The van der Waals surface area contributed by atoms with Crippen molar-refractivity contribution in [2.75, 3.05) is 0 Å². The van der Waals surface area contributed by atoms with Crippen LogP contribution in [0.1, 0.15) is 40.0 Å². The van der Waals surface area contributed by atoms with Crippen molar-refractivity contribution in [2.24, 2.45) is 17.6 Å². The Morgan fingerprint density at radius 2 is 2.00 bits per heavy atom. The molecule has 0 aliphatic carbocycles. The van der Waals surface area contributed by atoms with Crippen LogP contribution in [-0.2, 0) is 4.79 Å². The molecule has 78 valence electrons. The predicted octanol–water partition coefficient (Wildman–Crippen LogP) is 1.29. The van der Waals surface area contributed by atoms with Crippen LogP contribution in [0.2, 0.25) is 0 Å². The van der Waals surface area contributed by atoms with E-state index in [1.54, 1.807) is 0 Å². The Morgan fingerprint density at radius 1 is 1.46 bits per heavy atom. The van der Waals surface area contributed by atoms with Crippen LogP contribution >= 0.6 is 0 Å². The number of aliphatic hydroxyl groups excluding tert-OH is 1. The zero-order chi connectivity index (χ0) is 10.4. The van der Waals surface area contributed by atoms with E-state index in [0.29, 0.717) is 6.42 Å². The minimum absolute atomic E-state index is 0.147. The average molecular weight is 187 g/mol. The standard InChI is InChI=1S/C10H21NO2/c1-4-5-9(12)6-7(2)8(3)10(11)13/h7-9,12H,4-6H2,1-3H3,(H2,11,13). The van der Waals surface area contributed by atoms with Gasteiger partial charge >= 0.3 is 0 Å². The first-order chi connectivity index (χ1) is 5.99. The fourth-order valence-electron chi connectivity index (χ4n) is 1.36. The normalized spacial score (nSPS) is 17.8. The van der Waals surface area contributed by atoms with Gasteiger partial charge in [0.15, 0.2) is 0 Å². The zero-order valence-corrected chi connectivity index (χ0v) is 8.79. The Balaban J connectivity index is 3.84. The monoisotopic (exact) mass is 187 g/mol. The molecular formula is C10H21NO2. The third-order valence-corrected chi connectivity index (χ3v) is 2.57. The minimum Gasteiger partial charge on any atom is -0.393 e. The summed E-state index contributed by atoms with van der Waals surface area (Å²) in [6.45, 7) is 5.80. The molecule has 0 rings (SSSR count). The summed E-state index contributed by atoms with van der Waals surface area (Å²) in [4.78, 5) is 10.8. The van der Waals surface area contributed by atoms with Gasteiger partial charge in [0.05, 0.1) is 6.10 Å². The maximum Gasteiger partial charge on any atom is 0.220 e. The highest BCUT2D eigenvalue weighted by Crippen LogP contribution is 2.18. The fraction of sp³-hybridized carbons (Fsp3) is 0.900. The van der Waals surface area contributed by atoms with Gasteiger partial charge in [-0.05, 0) is 18.8 Å². The Bertz CT molecular complexity index is 159. The minimum atomic E-state index is -0.290. The largest absolute Gasteiger partial charge is 0.393 e. The van der Waals surface area contributed by atoms with Gasteiger partial charge in [0.25, 0.3) is 0 Å². The molecule has 3 N–H and O–H groups in total. The lowest BCUT2D eigenvalue weighted by atomic mass is 9.89. The number of amides is 1. The number of aliphatic hydroxyl groups is 1. The molecule has 0 bridgehead atoms. The first kappa shape index (κ1) is 12.4. The molecule has 0 heterocycles. The number of hydrogen-bond acceptors (Lipinski definition) is 2. The van der Waals surface area contributed by atoms with Gasteiger partial charge < -0.3 is 10.8 Å². The third kappa shape index (κ3) is 4.88. The third-order valence-electron chi connectivity index (χ3n) is 2.57. The van der Waals surface area contributed by atoms with Crippen LogP contribution < -0.4 is 5.73 Å². The number of carbonyl (C=O) groups excluding carboxylic acids is 1. The molecule has 0 saturated carbocycles. The molecule has 3 atom stereocenters. The molecule has 0 fully saturated rings. The van der Waals surface area contributed by atoms with Gasteiger partial charge in [-0.2, -0.15) is 0 Å². The molecule has 0 radical (unpaired) electrons. The van der Waals surface area contributed by atoms with Crippen molar-refractivity contribution in [3.8, 4) is 0 Å². The number of hydrogen-bond donors (Lipinski definition) is 2. The second-order valence-electron chi connectivity index (χ2n) is 3.85. The quantitative estimate of drug-likeness (QED) is 0.658. The summed E-state index contributed by atoms with van der Waals surface area (Å²) in [6.07, 6.45) is 2.15. The summed E-state index contributed by atoms with van der Waals surface area (Å²) >= 11 is 0. The lowest BCUT2D eigenvalue weighted by Gasteiger charge is -2.19. The van der Waals surface area contributed by atoms with Crippen LogP contribution in [-0.4, -0.2) is 17.1 Å². The molecule has 0 saturated heterocycles. The highest BCUT2D eigenvalue weighted by Gasteiger charge is 2.19. The zero-order valence-electron chi connectivity index (χ0n) is 8.79. The summed E-state index contributed by atoms with van der Waals surface area (Å²) in [5, 5.41) is 9.50. The Kier molecular flexibility index (Phi) is 5.71. The van der Waals surface area contributed by atoms with Crippen molar-refractivity contribution in [1.82, 2.24) is 0 Å². The second kappa shape index (κ2) is 5.97. The van der Waals surface area contributed by atoms with Crippen molar-refractivity contribution in [3.05, 3.63) is 0 Å². The maximum absolute atomic E-state index is 10.8. The molecule has 3 heteroatoms. The van der Waals surface area contributed by atoms with Gasteiger partial charge in [0.2, 0.25) is 5.91 Å². The molecule has 0 aromatic carbocycles. The first-order valence-corrected chi connectivity index (χ1v) is 4.96. The van der Waals surface area contributed by atoms with Gasteiger partial charge in [-0.1, -0.05) is 27.2 Å². The number of primary amides is 1. The van der Waals surface area contributed by atoms with Crippen LogP contribution in [0.5, 0.6) is 0 Å². The van der Waals surface area contributed by atoms with E-state index in [0.717, 1.165) is 12.8 Å². The predicted molar refractivity (Wildman–Crippen MR) is 53.1 cm³/mol.